The van der Waals surface area contributed by atoms with Crippen molar-refractivity contribution >= 4 is 32.3 Å². The van der Waals surface area contributed by atoms with Gasteiger partial charge in [-0.15, -0.1) is 0 Å². The Balaban J connectivity index is 0.799. The lowest BCUT2D eigenvalue weighted by atomic mass is 9.69. The molecule has 16 rings (SSSR count). The molecule has 584 valence electrons. The first kappa shape index (κ1) is 78.2. The minimum atomic E-state index is -0.180. The smallest absolute Gasteiger partial charge is 0.0564 e. The Morgan fingerprint density at radius 3 is 0.929 bits per heavy atom. The van der Waals surface area contributed by atoms with Crippen molar-refractivity contribution in [3.63, 3.8) is 0 Å². The fourth-order valence-electron chi connectivity index (χ4n) is 21.5. The van der Waals surface area contributed by atoms with E-state index in [4.69, 9.17) is 18.9 Å². The van der Waals surface area contributed by atoms with Crippen molar-refractivity contribution < 1.29 is 18.9 Å². The molecule has 2 heterocycles. The van der Waals surface area contributed by atoms with Crippen LogP contribution in [-0.2, 0) is 35.2 Å². The van der Waals surface area contributed by atoms with Gasteiger partial charge in [-0.1, -0.05) is 334 Å². The van der Waals surface area contributed by atoms with Crippen molar-refractivity contribution in [2.75, 3.05) is 52.9 Å². The third kappa shape index (κ3) is 15.5. The van der Waals surface area contributed by atoms with E-state index in [0.29, 0.717) is 0 Å². The summed E-state index contributed by atoms with van der Waals surface area (Å²) in [7, 11) is 0. The number of hydrogen-bond donors (Lipinski definition) is 0. The van der Waals surface area contributed by atoms with Gasteiger partial charge in [0, 0.05) is 40.3 Å². The van der Waals surface area contributed by atoms with Crippen molar-refractivity contribution in [1.29, 1.82) is 0 Å². The van der Waals surface area contributed by atoms with Crippen LogP contribution in [0.1, 0.15) is 273 Å². The number of benzene rings is 11. The number of fused-ring (bicyclic) bond motifs is 9. The van der Waals surface area contributed by atoms with Gasteiger partial charge in [-0.2, -0.15) is 0 Å². The van der Waals surface area contributed by atoms with Crippen LogP contribution in [0.5, 0.6) is 0 Å². The Hall–Kier alpha value is -7.70. The van der Waals surface area contributed by atoms with Gasteiger partial charge in [-0.25, -0.2) is 0 Å². The number of aryl methyl sites for hydroxylation is 1. The number of ether oxygens (including phenoxy) is 4. The topological polar surface area (TPSA) is 36.9 Å². The second-order valence-electron chi connectivity index (χ2n) is 36.4. The lowest BCUT2D eigenvalue weighted by Gasteiger charge is -2.37. The quantitative estimate of drug-likeness (QED) is 0.0282. The van der Waals surface area contributed by atoms with E-state index >= 15 is 0 Å². The molecule has 11 aromatic carbocycles. The summed E-state index contributed by atoms with van der Waals surface area (Å²) in [6.45, 7) is 22.8. The monoisotopic (exact) mass is 1490 g/mol. The molecule has 0 amide bonds. The van der Waals surface area contributed by atoms with Crippen LogP contribution >= 0.6 is 0 Å². The first-order valence-electron chi connectivity index (χ1n) is 44.9. The Bertz CT molecular complexity index is 4980. The maximum Gasteiger partial charge on any atom is 0.0564 e. The first-order valence-corrected chi connectivity index (χ1v) is 44.9. The lowest BCUT2D eigenvalue weighted by Crippen LogP contribution is -2.43. The summed E-state index contributed by atoms with van der Waals surface area (Å²) in [5, 5.41) is 8.20. The van der Waals surface area contributed by atoms with E-state index in [0.717, 1.165) is 78.5 Å². The third-order valence-corrected chi connectivity index (χ3v) is 27.9. The van der Waals surface area contributed by atoms with E-state index in [1.807, 2.05) is 0 Å². The average Bonchev–Trinajstić information content (AvgIpc) is 1.55. The molecule has 4 heteroatoms. The molecule has 2 aliphatic heterocycles. The zero-order valence-corrected chi connectivity index (χ0v) is 69.4. The second kappa shape index (κ2) is 34.8. The van der Waals surface area contributed by atoms with Crippen molar-refractivity contribution in [3.8, 4) is 77.9 Å². The zero-order chi connectivity index (χ0) is 76.7. The molecule has 2 saturated heterocycles. The highest BCUT2D eigenvalue weighted by Crippen LogP contribution is 2.61. The molecule has 0 N–H and O–H groups in total. The van der Waals surface area contributed by atoms with Crippen LogP contribution in [0, 0.1) is 17.8 Å². The lowest BCUT2D eigenvalue weighted by molar-refractivity contribution is -0.137. The predicted molar refractivity (Wildman–Crippen MR) is 476 cm³/mol. The molecule has 112 heavy (non-hydrogen) atoms. The number of hydrogen-bond acceptors (Lipinski definition) is 4. The van der Waals surface area contributed by atoms with E-state index in [1.165, 1.54) is 283 Å². The molecule has 0 bridgehead atoms. The van der Waals surface area contributed by atoms with Crippen LogP contribution in [0.3, 0.4) is 0 Å². The minimum Gasteiger partial charge on any atom is -0.381 e. The Labute approximate surface area is 673 Å². The number of unbranched alkanes of at least 4 members (excludes halogenated alkanes) is 18. The van der Waals surface area contributed by atoms with E-state index in [-0.39, 0.29) is 27.1 Å². The standard InChI is InChI=1S/C108H128O4/c1-8-12-16-27-57-106(58-28-17-13-9-2)96-65-81(78-35-25-24-26-36-78)42-50-89(96)90-51-43-82(66-97(90)106)83-44-52-91-92-53-45-84(68-99(92)107(98(91)67-83,61-31-20-22-33-63-109-71-104(6)73-111-74-104)62-32-21-23-34-64-110-72-105(7)75-112-76-105)85-46-54-93-94-55-47-86(70-101(94)108(100(93)69-85,59-29-18-14-10-3)60-30-19-15-11-4)88-49-40-80-39-48-87-77(5)37-38-79-41-56-95(88)103(80)102(79)87/h24-26,35-56,65-70H,8-23,27-34,57-64,71-76H2,1-7H3. The summed E-state index contributed by atoms with van der Waals surface area (Å²) in [5.74, 6) is 0. The van der Waals surface area contributed by atoms with Gasteiger partial charge in [0.1, 0.15) is 0 Å². The van der Waals surface area contributed by atoms with E-state index in [2.05, 4.69) is 237 Å². The average molecular weight is 1490 g/mol. The largest absolute Gasteiger partial charge is 0.381 e. The van der Waals surface area contributed by atoms with E-state index < -0.39 is 0 Å². The van der Waals surface area contributed by atoms with Crippen LogP contribution in [0.4, 0.5) is 0 Å². The minimum absolute atomic E-state index is 0.0537. The highest BCUT2D eigenvalue weighted by Gasteiger charge is 2.47. The van der Waals surface area contributed by atoms with Crippen LogP contribution in [-0.4, -0.2) is 52.9 Å². The molecule has 0 aromatic heterocycles. The Morgan fingerprint density at radius 2 is 0.571 bits per heavy atom. The maximum absolute atomic E-state index is 6.39. The van der Waals surface area contributed by atoms with Gasteiger partial charge in [0.25, 0.3) is 0 Å². The van der Waals surface area contributed by atoms with Gasteiger partial charge >= 0.3 is 0 Å². The van der Waals surface area contributed by atoms with Crippen molar-refractivity contribution in [2.24, 2.45) is 10.8 Å². The summed E-state index contributed by atoms with van der Waals surface area (Å²) in [5.41, 5.74) is 30.2. The summed E-state index contributed by atoms with van der Waals surface area (Å²) in [4.78, 5) is 0. The SMILES string of the molecule is CCCCCCC1(CCCCCC)c2cc(-c3ccccc3)ccc2-c2ccc(-c3ccc4c(c3)C(CCCCCCOCC3(C)COC3)(CCCCCCOCC3(C)COC3)c3cc(-c5ccc6c(c5)C(CCCCCC)(CCCCCC)c5cc(-c7ccc8ccc9c(C)ccc%10ccc7c8c%109)ccc5-6)ccc3-4)cc21. The zero-order valence-electron chi connectivity index (χ0n) is 69.4. The van der Waals surface area contributed by atoms with Gasteiger partial charge in [0.05, 0.1) is 39.6 Å². The van der Waals surface area contributed by atoms with E-state index in [9.17, 15) is 0 Å². The summed E-state index contributed by atoms with van der Waals surface area (Å²) < 4.78 is 24.0. The molecule has 0 atom stereocenters. The Morgan fingerprint density at radius 1 is 0.277 bits per heavy atom. The van der Waals surface area contributed by atoms with E-state index in [1.54, 1.807) is 33.4 Å². The molecule has 0 radical (unpaired) electrons. The van der Waals surface area contributed by atoms with Gasteiger partial charge in [-0.05, 0) is 244 Å². The molecule has 4 nitrogen and oxygen atoms in total. The molecule has 0 saturated carbocycles. The summed E-state index contributed by atoms with van der Waals surface area (Å²) >= 11 is 0. The summed E-state index contributed by atoms with van der Waals surface area (Å²) in [6, 6.07) is 76.7. The van der Waals surface area contributed by atoms with Crippen molar-refractivity contribution in [1.82, 2.24) is 0 Å². The summed E-state index contributed by atoms with van der Waals surface area (Å²) in [6.07, 6.45) is 36.3. The van der Waals surface area contributed by atoms with Crippen molar-refractivity contribution in [3.05, 3.63) is 227 Å². The van der Waals surface area contributed by atoms with Crippen molar-refractivity contribution in [2.45, 2.75) is 257 Å². The van der Waals surface area contributed by atoms with Crippen LogP contribution < -0.4 is 0 Å². The maximum atomic E-state index is 6.39. The molecular formula is C108H128O4. The number of rotatable bonds is 42. The van der Waals surface area contributed by atoms with Crippen LogP contribution in [0.25, 0.3) is 110 Å². The normalized spacial score (nSPS) is 16.2. The molecule has 2 fully saturated rings. The second-order valence-corrected chi connectivity index (χ2v) is 36.4. The molecule has 5 aliphatic rings. The van der Waals surface area contributed by atoms with Gasteiger partial charge in [0.15, 0.2) is 0 Å². The fourth-order valence-corrected chi connectivity index (χ4v) is 21.5. The molecule has 3 aliphatic carbocycles. The predicted octanol–water partition coefficient (Wildman–Crippen LogP) is 30.2. The highest BCUT2D eigenvalue weighted by molar-refractivity contribution is 6.26. The molecular weight excluding hydrogens is 1360 g/mol. The van der Waals surface area contributed by atoms with Crippen LogP contribution in [0.2, 0.25) is 0 Å². The fraction of sp³-hybridized carbons (Fsp3) is 0.463. The Kier molecular flexibility index (Phi) is 24.3. The molecule has 11 aromatic rings. The molecule has 0 spiro atoms. The third-order valence-electron chi connectivity index (χ3n) is 27.9. The molecule has 0 unspecified atom stereocenters. The highest BCUT2D eigenvalue weighted by atomic mass is 16.5. The van der Waals surface area contributed by atoms with Gasteiger partial charge in [0.2, 0.25) is 0 Å². The van der Waals surface area contributed by atoms with Crippen LogP contribution in [0.15, 0.2) is 188 Å². The van der Waals surface area contributed by atoms with Gasteiger partial charge in [-0.3, -0.25) is 0 Å². The first-order chi connectivity index (χ1) is 54.9. The van der Waals surface area contributed by atoms with Gasteiger partial charge < -0.3 is 18.9 Å².